The van der Waals surface area contributed by atoms with Crippen LogP contribution in [0.4, 0.5) is 0 Å². The number of unbranched alkanes of at least 4 members (excludes halogenated alkanes) is 4. The van der Waals surface area contributed by atoms with Crippen LogP contribution < -0.4 is 9.47 Å². The minimum absolute atomic E-state index is 0.498. The van der Waals surface area contributed by atoms with Crippen molar-refractivity contribution in [1.29, 1.82) is 0 Å². The van der Waals surface area contributed by atoms with Crippen LogP contribution in [0.25, 0.3) is 11.1 Å². The molecule has 0 amide bonds. The second kappa shape index (κ2) is 12.7. The van der Waals surface area contributed by atoms with Gasteiger partial charge in [0.05, 0.1) is 18.6 Å². The molecule has 0 N–H and O–H groups in total. The SMILES string of the molecule is CCCCCOc1ccc(C2(c3ccccc3)c3cc(Br)ccc3-c3ccc(Br)cc32)cc1OCCCCC. The molecule has 0 atom stereocenters. The number of rotatable bonds is 12. The summed E-state index contributed by atoms with van der Waals surface area (Å²) in [7, 11) is 0. The molecule has 1 aliphatic rings. The zero-order valence-corrected chi connectivity index (χ0v) is 26.0. The second-order valence-electron chi connectivity index (χ2n) is 10.3. The van der Waals surface area contributed by atoms with Gasteiger partial charge < -0.3 is 9.47 Å². The van der Waals surface area contributed by atoms with E-state index in [0.29, 0.717) is 13.2 Å². The molecule has 4 heteroatoms. The van der Waals surface area contributed by atoms with Crippen LogP contribution in [0.1, 0.15) is 74.6 Å². The highest BCUT2D eigenvalue weighted by Gasteiger charge is 2.46. The summed E-state index contributed by atoms with van der Waals surface area (Å²) in [6.07, 6.45) is 6.74. The van der Waals surface area contributed by atoms with E-state index in [4.69, 9.17) is 9.47 Å². The van der Waals surface area contributed by atoms with Gasteiger partial charge in [-0.25, -0.2) is 0 Å². The van der Waals surface area contributed by atoms with Crippen molar-refractivity contribution >= 4 is 31.9 Å². The highest BCUT2D eigenvalue weighted by Crippen LogP contribution is 2.57. The van der Waals surface area contributed by atoms with Crippen LogP contribution in [-0.2, 0) is 5.41 Å². The van der Waals surface area contributed by atoms with E-state index in [1.54, 1.807) is 0 Å². The van der Waals surface area contributed by atoms with Crippen LogP contribution in [0.3, 0.4) is 0 Å². The van der Waals surface area contributed by atoms with Crippen molar-refractivity contribution in [2.75, 3.05) is 13.2 Å². The Hall–Kier alpha value is -2.56. The summed E-state index contributed by atoms with van der Waals surface area (Å²) in [5.41, 5.74) is 6.96. The third kappa shape index (κ3) is 5.56. The topological polar surface area (TPSA) is 18.5 Å². The first kappa shape index (κ1) is 28.0. The van der Waals surface area contributed by atoms with Gasteiger partial charge in [-0.2, -0.15) is 0 Å². The number of hydrogen-bond acceptors (Lipinski definition) is 2. The molecule has 0 aromatic heterocycles. The number of fused-ring (bicyclic) bond motifs is 3. The molecule has 0 heterocycles. The van der Waals surface area contributed by atoms with Gasteiger partial charge in [-0.1, -0.05) is 120 Å². The summed E-state index contributed by atoms with van der Waals surface area (Å²) < 4.78 is 14.9. The summed E-state index contributed by atoms with van der Waals surface area (Å²) in [6, 6.07) is 30.8. The highest BCUT2D eigenvalue weighted by molar-refractivity contribution is 9.10. The third-order valence-corrected chi connectivity index (χ3v) is 8.64. The van der Waals surface area contributed by atoms with E-state index < -0.39 is 5.41 Å². The Kier molecular flexibility index (Phi) is 9.14. The van der Waals surface area contributed by atoms with E-state index in [-0.39, 0.29) is 0 Å². The smallest absolute Gasteiger partial charge is 0.161 e. The van der Waals surface area contributed by atoms with Crippen molar-refractivity contribution in [2.24, 2.45) is 0 Å². The second-order valence-corrected chi connectivity index (χ2v) is 12.1. The Morgan fingerprint density at radius 1 is 0.564 bits per heavy atom. The molecule has 0 bridgehead atoms. The molecule has 1 aliphatic carbocycles. The van der Waals surface area contributed by atoms with Crippen molar-refractivity contribution in [2.45, 2.75) is 57.8 Å². The Morgan fingerprint density at radius 3 is 1.69 bits per heavy atom. The van der Waals surface area contributed by atoms with Crippen molar-refractivity contribution in [3.8, 4) is 22.6 Å². The Labute approximate surface area is 250 Å². The fourth-order valence-corrected chi connectivity index (χ4v) is 6.51. The maximum atomic E-state index is 6.46. The molecule has 0 radical (unpaired) electrons. The average Bonchev–Trinajstić information content (AvgIpc) is 3.23. The molecule has 4 aromatic rings. The van der Waals surface area contributed by atoms with Crippen LogP contribution in [0.5, 0.6) is 11.5 Å². The summed E-state index contributed by atoms with van der Waals surface area (Å²) in [5, 5.41) is 0. The lowest BCUT2D eigenvalue weighted by molar-refractivity contribution is 0.259. The lowest BCUT2D eigenvalue weighted by Crippen LogP contribution is -2.28. The number of halogens is 2. The molecule has 5 rings (SSSR count). The van der Waals surface area contributed by atoms with Crippen LogP contribution in [0.15, 0.2) is 93.9 Å². The maximum Gasteiger partial charge on any atom is 0.161 e. The minimum Gasteiger partial charge on any atom is -0.490 e. The third-order valence-electron chi connectivity index (χ3n) is 7.66. The van der Waals surface area contributed by atoms with Crippen molar-refractivity contribution in [1.82, 2.24) is 0 Å². The molecule has 2 nitrogen and oxygen atoms in total. The highest BCUT2D eigenvalue weighted by atomic mass is 79.9. The van der Waals surface area contributed by atoms with E-state index in [0.717, 1.165) is 46.1 Å². The van der Waals surface area contributed by atoms with Gasteiger partial charge in [0.25, 0.3) is 0 Å². The maximum absolute atomic E-state index is 6.46. The minimum atomic E-state index is -0.498. The Morgan fingerprint density at radius 2 is 1.13 bits per heavy atom. The van der Waals surface area contributed by atoms with Crippen LogP contribution in [0, 0.1) is 0 Å². The molecular formula is C35H36Br2O2. The van der Waals surface area contributed by atoms with Crippen LogP contribution >= 0.6 is 31.9 Å². The molecule has 0 spiro atoms. The quantitative estimate of drug-likeness (QED) is 0.125. The predicted molar refractivity (Wildman–Crippen MR) is 169 cm³/mol. The summed E-state index contributed by atoms with van der Waals surface area (Å²) in [4.78, 5) is 0. The van der Waals surface area contributed by atoms with E-state index in [2.05, 4.69) is 131 Å². The number of benzene rings is 4. The molecule has 4 aromatic carbocycles. The molecule has 39 heavy (non-hydrogen) atoms. The zero-order valence-electron chi connectivity index (χ0n) is 22.8. The Bertz CT molecular complexity index is 1360. The van der Waals surface area contributed by atoms with Gasteiger partial charge in [-0.15, -0.1) is 0 Å². The largest absolute Gasteiger partial charge is 0.490 e. The zero-order chi connectivity index (χ0) is 27.2. The fraction of sp³-hybridized carbons (Fsp3) is 0.314. The Balaban J connectivity index is 1.71. The van der Waals surface area contributed by atoms with Gasteiger partial charge in [0.1, 0.15) is 0 Å². The first-order valence-electron chi connectivity index (χ1n) is 14.2. The fourth-order valence-electron chi connectivity index (χ4n) is 5.79. The standard InChI is InChI=1S/C35H36Br2O2/c1-3-5-10-20-38-33-19-14-26(22-34(33)39-21-11-6-4-2)35(25-12-8-7-9-13-25)31-23-27(36)15-17-29(31)30-18-16-28(37)24-32(30)35/h7-9,12-19,22-24H,3-6,10-11,20-21H2,1-2H3. The molecular weight excluding hydrogens is 612 g/mol. The van der Waals surface area contributed by atoms with Gasteiger partial charge in [-0.05, 0) is 82.6 Å². The number of ether oxygens (including phenoxy) is 2. The number of hydrogen-bond donors (Lipinski definition) is 0. The van der Waals surface area contributed by atoms with Crippen molar-refractivity contribution in [3.05, 3.63) is 116 Å². The van der Waals surface area contributed by atoms with Gasteiger partial charge in [0.2, 0.25) is 0 Å². The van der Waals surface area contributed by atoms with Gasteiger partial charge >= 0.3 is 0 Å². The summed E-state index contributed by atoms with van der Waals surface area (Å²) in [6.45, 7) is 5.82. The lowest BCUT2D eigenvalue weighted by Gasteiger charge is -2.34. The molecule has 0 unspecified atom stereocenters. The lowest BCUT2D eigenvalue weighted by atomic mass is 9.67. The molecule has 0 saturated carbocycles. The predicted octanol–water partition coefficient (Wildman–Crippen LogP) is 10.7. The van der Waals surface area contributed by atoms with Gasteiger partial charge in [0.15, 0.2) is 11.5 Å². The van der Waals surface area contributed by atoms with Crippen LogP contribution in [-0.4, -0.2) is 13.2 Å². The molecule has 0 fully saturated rings. The van der Waals surface area contributed by atoms with E-state index in [1.807, 2.05) is 0 Å². The normalized spacial score (nSPS) is 13.1. The van der Waals surface area contributed by atoms with Gasteiger partial charge in [-0.3, -0.25) is 0 Å². The molecule has 0 saturated heterocycles. The average molecular weight is 648 g/mol. The van der Waals surface area contributed by atoms with Gasteiger partial charge in [0, 0.05) is 8.95 Å². The summed E-state index contributed by atoms with van der Waals surface area (Å²) >= 11 is 7.57. The first-order valence-corrected chi connectivity index (χ1v) is 15.7. The van der Waals surface area contributed by atoms with E-state index in [1.165, 1.54) is 46.2 Å². The monoisotopic (exact) mass is 646 g/mol. The van der Waals surface area contributed by atoms with E-state index >= 15 is 0 Å². The van der Waals surface area contributed by atoms with Crippen molar-refractivity contribution in [3.63, 3.8) is 0 Å². The molecule has 0 aliphatic heterocycles. The van der Waals surface area contributed by atoms with E-state index in [9.17, 15) is 0 Å². The molecule has 202 valence electrons. The first-order chi connectivity index (χ1) is 19.1. The van der Waals surface area contributed by atoms with Crippen LogP contribution in [0.2, 0.25) is 0 Å². The van der Waals surface area contributed by atoms with Crippen molar-refractivity contribution < 1.29 is 9.47 Å². The summed E-state index contributed by atoms with van der Waals surface area (Å²) in [5.74, 6) is 1.66.